The van der Waals surface area contributed by atoms with Crippen LogP contribution in [0.1, 0.15) is 15.9 Å². The Morgan fingerprint density at radius 2 is 1.44 bits per heavy atom. The lowest BCUT2D eigenvalue weighted by Crippen LogP contribution is -2.21. The van der Waals surface area contributed by atoms with Crippen LogP contribution in [0.2, 0.25) is 0 Å². The maximum atomic E-state index is 13.6. The van der Waals surface area contributed by atoms with Crippen LogP contribution in [0.3, 0.4) is 0 Å². The van der Waals surface area contributed by atoms with Crippen molar-refractivity contribution in [1.29, 1.82) is 0 Å². The molecule has 0 saturated carbocycles. The number of nitrogens with zero attached hydrogens (tertiary/aromatic N) is 1. The van der Waals surface area contributed by atoms with Crippen LogP contribution in [-0.4, -0.2) is 41.4 Å². The molecule has 0 radical (unpaired) electrons. The van der Waals surface area contributed by atoms with Gasteiger partial charge in [0, 0.05) is 23.6 Å². The number of hydrogen-bond acceptors (Lipinski definition) is 8. The fourth-order valence-electron chi connectivity index (χ4n) is 4.38. The summed E-state index contributed by atoms with van der Waals surface area (Å²) in [6.45, 7) is 0. The largest absolute Gasteiger partial charge is 0.503 e. The minimum Gasteiger partial charge on any atom is -0.503 e. The van der Waals surface area contributed by atoms with Gasteiger partial charge in [-0.05, 0) is 35.9 Å². The number of ketones is 1. The summed E-state index contributed by atoms with van der Waals surface area (Å²) >= 11 is 0. The van der Waals surface area contributed by atoms with Gasteiger partial charge in [-0.15, -0.1) is 0 Å². The third-order valence-electron chi connectivity index (χ3n) is 6.00. The Kier molecular flexibility index (Phi) is 5.09. The van der Waals surface area contributed by atoms with Gasteiger partial charge >= 0.3 is 0 Å². The van der Waals surface area contributed by atoms with Crippen molar-refractivity contribution in [2.45, 2.75) is 9.79 Å². The van der Waals surface area contributed by atoms with Crippen LogP contribution in [0.5, 0.6) is 5.75 Å². The molecule has 0 aliphatic heterocycles. The Balaban J connectivity index is 1.84. The number of carbonyl (C=O) groups is 1. The van der Waals surface area contributed by atoms with Crippen molar-refractivity contribution in [1.82, 2.24) is 4.57 Å². The van der Waals surface area contributed by atoms with E-state index >= 15 is 0 Å². The van der Waals surface area contributed by atoms with Crippen LogP contribution < -0.4 is 10.9 Å². The number of aryl methyl sites for hydroxylation is 1. The van der Waals surface area contributed by atoms with Crippen LogP contribution in [0.15, 0.2) is 69.2 Å². The lowest BCUT2D eigenvalue weighted by Gasteiger charge is -2.24. The van der Waals surface area contributed by atoms with Crippen molar-refractivity contribution >= 4 is 48.3 Å². The molecule has 1 aromatic heterocycles. The Labute approximate surface area is 203 Å². The molecule has 11 nitrogen and oxygen atoms in total. The van der Waals surface area contributed by atoms with Gasteiger partial charge in [0.15, 0.2) is 11.5 Å². The second-order valence-corrected chi connectivity index (χ2v) is 10.9. The molecule has 1 aliphatic rings. The molecular formula is C23H16N2O9S2. The smallest absolute Gasteiger partial charge is 0.296 e. The van der Waals surface area contributed by atoms with Crippen molar-refractivity contribution in [2.24, 2.45) is 7.05 Å². The number of aromatic hydroxyl groups is 1. The number of pyridine rings is 1. The summed E-state index contributed by atoms with van der Waals surface area (Å²) < 4.78 is 67.1. The fraction of sp³-hybridized carbons (Fsp3) is 0.0435. The highest BCUT2D eigenvalue weighted by atomic mass is 32.2. The molecule has 0 fully saturated rings. The molecule has 4 aromatic rings. The number of benzene rings is 3. The van der Waals surface area contributed by atoms with E-state index in [0.717, 1.165) is 12.1 Å². The lowest BCUT2D eigenvalue weighted by atomic mass is 9.82. The van der Waals surface area contributed by atoms with E-state index in [-0.39, 0.29) is 33.5 Å². The third kappa shape index (κ3) is 3.48. The van der Waals surface area contributed by atoms with Crippen LogP contribution in [-0.2, 0) is 27.3 Å². The van der Waals surface area contributed by atoms with Crippen molar-refractivity contribution in [3.8, 4) is 16.9 Å². The Hall–Kier alpha value is -4.04. The molecule has 0 amide bonds. The number of anilines is 2. The lowest BCUT2D eigenvalue weighted by molar-refractivity contribution is 0.104. The highest BCUT2D eigenvalue weighted by Gasteiger charge is 2.32. The second-order valence-electron chi connectivity index (χ2n) is 8.08. The highest BCUT2D eigenvalue weighted by Crippen LogP contribution is 2.45. The van der Waals surface area contributed by atoms with Crippen molar-refractivity contribution in [3.05, 3.63) is 76.1 Å². The zero-order valence-corrected chi connectivity index (χ0v) is 19.9. The first-order valence-electron chi connectivity index (χ1n) is 10.2. The molecule has 1 heterocycles. The van der Waals surface area contributed by atoms with E-state index in [4.69, 9.17) is 0 Å². The molecule has 184 valence electrons. The summed E-state index contributed by atoms with van der Waals surface area (Å²) in [4.78, 5) is 24.6. The van der Waals surface area contributed by atoms with Crippen molar-refractivity contribution in [2.75, 3.05) is 5.32 Å². The van der Waals surface area contributed by atoms with Crippen LogP contribution in [0.4, 0.5) is 11.4 Å². The molecule has 5 rings (SSSR count). The number of fused-ring (bicyclic) bond motifs is 2. The molecule has 0 unspecified atom stereocenters. The third-order valence-corrected chi connectivity index (χ3v) is 7.75. The van der Waals surface area contributed by atoms with Gasteiger partial charge in [-0.25, -0.2) is 0 Å². The van der Waals surface area contributed by atoms with Gasteiger partial charge in [-0.3, -0.25) is 18.7 Å². The summed E-state index contributed by atoms with van der Waals surface area (Å²) in [6.07, 6.45) is 0. The van der Waals surface area contributed by atoms with E-state index in [9.17, 15) is 40.6 Å². The number of nitrogens with one attached hydrogen (secondary N) is 1. The average Bonchev–Trinajstić information content (AvgIpc) is 2.81. The first kappa shape index (κ1) is 23.7. The van der Waals surface area contributed by atoms with E-state index in [1.54, 1.807) is 18.2 Å². The zero-order valence-electron chi connectivity index (χ0n) is 18.3. The number of hydrogen-bond donors (Lipinski definition) is 4. The maximum absolute atomic E-state index is 13.6. The molecule has 0 atom stereocenters. The molecule has 36 heavy (non-hydrogen) atoms. The zero-order chi connectivity index (χ0) is 26.2. The minimum absolute atomic E-state index is 0.0206. The minimum atomic E-state index is -4.98. The summed E-state index contributed by atoms with van der Waals surface area (Å²) in [5, 5.41) is 13.7. The Morgan fingerprint density at radius 1 is 0.806 bits per heavy atom. The van der Waals surface area contributed by atoms with Gasteiger partial charge in [0.25, 0.3) is 25.8 Å². The monoisotopic (exact) mass is 528 g/mol. The van der Waals surface area contributed by atoms with Crippen LogP contribution >= 0.6 is 0 Å². The maximum Gasteiger partial charge on any atom is 0.296 e. The fourth-order valence-corrected chi connectivity index (χ4v) is 5.63. The summed E-state index contributed by atoms with van der Waals surface area (Å²) in [5.74, 6) is -1.05. The summed E-state index contributed by atoms with van der Waals surface area (Å²) in [5.41, 5.74) is 0.125. The quantitative estimate of drug-likeness (QED) is 0.253. The number of aromatic nitrogens is 1. The average molecular weight is 529 g/mol. The van der Waals surface area contributed by atoms with Crippen LogP contribution in [0.25, 0.3) is 22.0 Å². The van der Waals surface area contributed by atoms with Crippen LogP contribution in [0, 0.1) is 0 Å². The van der Waals surface area contributed by atoms with E-state index in [1.165, 1.54) is 29.8 Å². The highest BCUT2D eigenvalue weighted by molar-refractivity contribution is 7.86. The standard InChI is InChI=1S/C23H16N2O9S2/c1-25-16-9-8-15(24-14-7-6-11(35(29,30)31)10-17(14)36(32,33)34)19-20(16)18(22(27)23(25)28)12-4-2-3-5-13(12)21(19)26/h2-10,24,27H,1H3,(H,29,30,31)(H,32,33,34). The number of rotatable bonds is 4. The van der Waals surface area contributed by atoms with Gasteiger partial charge < -0.3 is 15.0 Å². The first-order valence-corrected chi connectivity index (χ1v) is 13.1. The topological polar surface area (TPSA) is 180 Å². The van der Waals surface area contributed by atoms with Crippen molar-refractivity contribution < 1.29 is 35.8 Å². The summed E-state index contributed by atoms with van der Waals surface area (Å²) in [7, 11) is -8.34. The second kappa shape index (κ2) is 7.73. The van der Waals surface area contributed by atoms with Gasteiger partial charge in [0.1, 0.15) is 4.90 Å². The molecular weight excluding hydrogens is 512 g/mol. The van der Waals surface area contributed by atoms with E-state index in [0.29, 0.717) is 17.1 Å². The van der Waals surface area contributed by atoms with Gasteiger partial charge in [0.2, 0.25) is 0 Å². The van der Waals surface area contributed by atoms with E-state index in [2.05, 4.69) is 5.32 Å². The predicted molar refractivity (Wildman–Crippen MR) is 129 cm³/mol. The van der Waals surface area contributed by atoms with E-state index in [1.807, 2.05) is 0 Å². The van der Waals surface area contributed by atoms with Gasteiger partial charge in [-0.2, -0.15) is 16.8 Å². The Bertz CT molecular complexity index is 1930. The number of carbonyl (C=O) groups excluding carboxylic acids is 1. The molecule has 3 aromatic carbocycles. The molecule has 0 spiro atoms. The molecule has 0 bridgehead atoms. The first-order chi connectivity index (χ1) is 16.8. The van der Waals surface area contributed by atoms with Crippen molar-refractivity contribution in [3.63, 3.8) is 0 Å². The normalized spacial score (nSPS) is 13.0. The molecule has 13 heteroatoms. The van der Waals surface area contributed by atoms with E-state index < -0.39 is 47.1 Å². The predicted octanol–water partition coefficient (Wildman–Crippen LogP) is 2.69. The molecule has 4 N–H and O–H groups in total. The molecule has 1 aliphatic carbocycles. The Morgan fingerprint density at radius 3 is 2.08 bits per heavy atom. The van der Waals surface area contributed by atoms with Gasteiger partial charge in [-0.1, -0.05) is 24.3 Å². The summed E-state index contributed by atoms with van der Waals surface area (Å²) in [6, 6.07) is 11.8. The SMILES string of the molecule is Cn1c(=O)c(O)c2c3c(c(Nc4ccc(S(=O)(=O)O)cc4S(=O)(=O)O)ccc31)C(=O)c1ccccc1-2. The van der Waals surface area contributed by atoms with Gasteiger partial charge in [0.05, 0.1) is 27.4 Å². The molecule has 0 saturated heterocycles.